The first-order chi connectivity index (χ1) is 11.8. The molecular formula is C16H20N4O3S. The highest BCUT2D eigenvalue weighted by Crippen LogP contribution is 2.28. The van der Waals surface area contributed by atoms with Crippen LogP contribution in [0.5, 0.6) is 0 Å². The molecule has 0 saturated carbocycles. The topological polar surface area (TPSA) is 80.5 Å². The lowest BCUT2D eigenvalue weighted by atomic mass is 10.1. The van der Waals surface area contributed by atoms with Crippen LogP contribution in [0.2, 0.25) is 0 Å². The zero-order valence-electron chi connectivity index (χ0n) is 13.3. The van der Waals surface area contributed by atoms with Crippen molar-refractivity contribution in [3.8, 4) is 10.8 Å². The molecule has 1 N–H and O–H groups in total. The molecule has 4 rings (SSSR count). The van der Waals surface area contributed by atoms with Gasteiger partial charge in [0.25, 0.3) is 5.89 Å². The smallest absolute Gasteiger partial charge is 0.317 e. The molecule has 2 amide bonds. The fraction of sp³-hybridized carbons (Fsp3) is 0.562. The number of aromatic nitrogens is 2. The number of amides is 2. The molecule has 2 atom stereocenters. The molecule has 2 saturated heterocycles. The van der Waals surface area contributed by atoms with Crippen LogP contribution in [0.15, 0.2) is 22.0 Å². The number of nitrogens with zero attached hydrogens (tertiary/aromatic N) is 3. The van der Waals surface area contributed by atoms with E-state index in [1.54, 1.807) is 11.3 Å². The third kappa shape index (κ3) is 3.29. The largest absolute Gasteiger partial charge is 0.376 e. The molecule has 128 valence electrons. The van der Waals surface area contributed by atoms with Crippen molar-refractivity contribution in [2.45, 2.75) is 31.3 Å². The summed E-state index contributed by atoms with van der Waals surface area (Å²) in [5, 5.41) is 9.05. The molecule has 0 radical (unpaired) electrons. The van der Waals surface area contributed by atoms with Gasteiger partial charge in [0.05, 0.1) is 11.0 Å². The van der Waals surface area contributed by atoms with E-state index in [2.05, 4.69) is 15.5 Å². The van der Waals surface area contributed by atoms with Gasteiger partial charge in [0.2, 0.25) is 0 Å². The highest BCUT2D eigenvalue weighted by Gasteiger charge is 2.31. The summed E-state index contributed by atoms with van der Waals surface area (Å²) in [6.07, 6.45) is 3.13. The Morgan fingerprint density at radius 1 is 1.46 bits per heavy atom. The minimum Gasteiger partial charge on any atom is -0.376 e. The SMILES string of the molecule is O=C(NCC1CCCO1)N1CCC(c2noc(-c3cccs3)n2)C1. The van der Waals surface area contributed by atoms with E-state index in [-0.39, 0.29) is 18.1 Å². The third-order valence-electron chi connectivity index (χ3n) is 4.52. The monoisotopic (exact) mass is 348 g/mol. The van der Waals surface area contributed by atoms with Crippen LogP contribution in [0.25, 0.3) is 10.8 Å². The van der Waals surface area contributed by atoms with Gasteiger partial charge in [-0.15, -0.1) is 11.3 Å². The van der Waals surface area contributed by atoms with E-state index in [0.29, 0.717) is 31.3 Å². The van der Waals surface area contributed by atoms with Crippen LogP contribution in [0, 0.1) is 0 Å². The van der Waals surface area contributed by atoms with E-state index in [1.807, 2.05) is 22.4 Å². The molecule has 0 bridgehead atoms. The number of ether oxygens (including phenoxy) is 1. The van der Waals surface area contributed by atoms with Crippen LogP contribution in [0.4, 0.5) is 4.79 Å². The highest BCUT2D eigenvalue weighted by molar-refractivity contribution is 7.13. The first-order valence-electron chi connectivity index (χ1n) is 8.31. The van der Waals surface area contributed by atoms with E-state index >= 15 is 0 Å². The van der Waals surface area contributed by atoms with Crippen molar-refractivity contribution in [1.29, 1.82) is 0 Å². The number of carbonyl (C=O) groups excluding carboxylic acids is 1. The van der Waals surface area contributed by atoms with Crippen molar-refractivity contribution in [2.75, 3.05) is 26.2 Å². The van der Waals surface area contributed by atoms with Gasteiger partial charge >= 0.3 is 6.03 Å². The molecule has 4 heterocycles. The number of nitrogens with one attached hydrogen (secondary N) is 1. The fourth-order valence-corrected chi connectivity index (χ4v) is 3.82. The van der Waals surface area contributed by atoms with Crippen molar-refractivity contribution < 1.29 is 14.1 Å². The molecule has 2 unspecified atom stereocenters. The Labute approximate surface area is 144 Å². The summed E-state index contributed by atoms with van der Waals surface area (Å²) in [5.41, 5.74) is 0. The maximum atomic E-state index is 12.3. The number of likely N-dealkylation sites (tertiary alicyclic amines) is 1. The minimum atomic E-state index is -0.0324. The predicted molar refractivity (Wildman–Crippen MR) is 88.9 cm³/mol. The van der Waals surface area contributed by atoms with Gasteiger partial charge in [-0.1, -0.05) is 11.2 Å². The van der Waals surface area contributed by atoms with Gasteiger partial charge in [0.1, 0.15) is 0 Å². The molecule has 0 spiro atoms. The Morgan fingerprint density at radius 2 is 2.42 bits per heavy atom. The number of urea groups is 1. The Balaban J connectivity index is 1.32. The van der Waals surface area contributed by atoms with Gasteiger partial charge in [-0.2, -0.15) is 4.98 Å². The second-order valence-electron chi connectivity index (χ2n) is 6.19. The summed E-state index contributed by atoms with van der Waals surface area (Å²) < 4.78 is 10.9. The average molecular weight is 348 g/mol. The normalized spacial score (nSPS) is 23.8. The molecule has 8 heteroatoms. The highest BCUT2D eigenvalue weighted by atomic mass is 32.1. The van der Waals surface area contributed by atoms with Gasteiger partial charge in [0, 0.05) is 32.2 Å². The minimum absolute atomic E-state index is 0.0324. The van der Waals surface area contributed by atoms with E-state index in [0.717, 1.165) is 30.7 Å². The van der Waals surface area contributed by atoms with Gasteiger partial charge in [0.15, 0.2) is 5.82 Å². The lowest BCUT2D eigenvalue weighted by Crippen LogP contribution is -2.41. The molecule has 0 aliphatic carbocycles. The predicted octanol–water partition coefficient (Wildman–Crippen LogP) is 2.48. The van der Waals surface area contributed by atoms with Crippen molar-refractivity contribution in [2.24, 2.45) is 0 Å². The molecular weight excluding hydrogens is 328 g/mol. The Hall–Kier alpha value is -1.93. The van der Waals surface area contributed by atoms with Gasteiger partial charge in [-0.25, -0.2) is 4.79 Å². The molecule has 2 aromatic rings. The van der Waals surface area contributed by atoms with Crippen LogP contribution in [0.3, 0.4) is 0 Å². The maximum absolute atomic E-state index is 12.3. The number of hydrogen-bond acceptors (Lipinski definition) is 6. The summed E-state index contributed by atoms with van der Waals surface area (Å²) in [7, 11) is 0. The fourth-order valence-electron chi connectivity index (χ4n) is 3.17. The quantitative estimate of drug-likeness (QED) is 0.918. The number of thiophene rings is 1. The molecule has 2 fully saturated rings. The van der Waals surface area contributed by atoms with E-state index in [9.17, 15) is 4.79 Å². The molecule has 2 aliphatic rings. The van der Waals surface area contributed by atoms with E-state index < -0.39 is 0 Å². The first-order valence-corrected chi connectivity index (χ1v) is 9.19. The van der Waals surface area contributed by atoms with Gasteiger partial charge in [-0.05, 0) is 30.7 Å². The van der Waals surface area contributed by atoms with Crippen LogP contribution in [-0.4, -0.2) is 53.4 Å². The van der Waals surface area contributed by atoms with Gasteiger partial charge < -0.3 is 19.5 Å². The zero-order valence-corrected chi connectivity index (χ0v) is 14.1. The number of rotatable bonds is 4. The Bertz CT molecular complexity index is 681. The molecule has 2 aromatic heterocycles. The van der Waals surface area contributed by atoms with Crippen LogP contribution in [0.1, 0.15) is 31.0 Å². The molecule has 0 aromatic carbocycles. The second kappa shape index (κ2) is 6.90. The van der Waals surface area contributed by atoms with Crippen molar-refractivity contribution in [3.63, 3.8) is 0 Å². The molecule has 24 heavy (non-hydrogen) atoms. The van der Waals surface area contributed by atoms with Crippen LogP contribution >= 0.6 is 11.3 Å². The van der Waals surface area contributed by atoms with Crippen molar-refractivity contribution in [3.05, 3.63) is 23.3 Å². The molecule has 2 aliphatic heterocycles. The zero-order chi connectivity index (χ0) is 16.4. The average Bonchev–Trinajstić information content (AvgIpc) is 3.40. The number of hydrogen-bond donors (Lipinski definition) is 1. The van der Waals surface area contributed by atoms with E-state index in [1.165, 1.54) is 0 Å². The van der Waals surface area contributed by atoms with Crippen LogP contribution < -0.4 is 5.32 Å². The summed E-state index contributed by atoms with van der Waals surface area (Å²) >= 11 is 1.57. The van der Waals surface area contributed by atoms with E-state index in [4.69, 9.17) is 9.26 Å². The standard InChI is InChI=1S/C16H20N4O3S/c21-16(17-9-12-3-1-7-22-12)20-6-5-11(10-20)14-18-15(23-19-14)13-4-2-8-24-13/h2,4,8,11-12H,1,3,5-7,9-10H2,(H,17,21). The summed E-state index contributed by atoms with van der Waals surface area (Å²) in [6.45, 7) is 2.73. The second-order valence-corrected chi connectivity index (χ2v) is 7.14. The summed E-state index contributed by atoms with van der Waals surface area (Å²) in [5.74, 6) is 1.38. The number of carbonyl (C=O) groups is 1. The lowest BCUT2D eigenvalue weighted by molar-refractivity contribution is 0.109. The van der Waals surface area contributed by atoms with Crippen molar-refractivity contribution in [1.82, 2.24) is 20.4 Å². The lowest BCUT2D eigenvalue weighted by Gasteiger charge is -2.18. The van der Waals surface area contributed by atoms with Crippen LogP contribution in [-0.2, 0) is 4.74 Å². The first kappa shape index (κ1) is 15.6. The summed E-state index contributed by atoms with van der Waals surface area (Å²) in [4.78, 5) is 19.5. The van der Waals surface area contributed by atoms with Gasteiger partial charge in [-0.3, -0.25) is 0 Å². The Morgan fingerprint density at radius 3 is 3.21 bits per heavy atom. The maximum Gasteiger partial charge on any atom is 0.317 e. The van der Waals surface area contributed by atoms with Crippen molar-refractivity contribution >= 4 is 17.4 Å². The Kier molecular flexibility index (Phi) is 4.48. The summed E-state index contributed by atoms with van der Waals surface area (Å²) in [6, 6.07) is 3.89. The third-order valence-corrected chi connectivity index (χ3v) is 5.38. The molecule has 7 nitrogen and oxygen atoms in total.